The number of hydrogen-bond acceptors (Lipinski definition) is 6. The Bertz CT molecular complexity index is 1150. The highest BCUT2D eigenvalue weighted by Gasteiger charge is 2.21. The van der Waals surface area contributed by atoms with E-state index in [1.807, 2.05) is 12.1 Å². The van der Waals surface area contributed by atoms with Gasteiger partial charge in [-0.15, -0.1) is 11.3 Å². The lowest BCUT2D eigenvalue weighted by atomic mass is 9.95. The molecule has 0 aliphatic heterocycles. The molecule has 2 N–H and O–H groups in total. The molecule has 0 saturated heterocycles. The first-order valence-electron chi connectivity index (χ1n) is 10.3. The number of rotatable bonds is 6. The Kier molecular flexibility index (Phi) is 6.85. The zero-order valence-corrected chi connectivity index (χ0v) is 18.5. The fourth-order valence-corrected chi connectivity index (χ4v) is 5.49. The summed E-state index contributed by atoms with van der Waals surface area (Å²) in [5.41, 5.74) is 2.21. The zero-order chi connectivity index (χ0) is 21.6. The van der Waals surface area contributed by atoms with E-state index in [1.54, 1.807) is 30.3 Å². The summed E-state index contributed by atoms with van der Waals surface area (Å²) in [6, 6.07) is 14.7. The molecule has 4 rings (SSSR count). The smallest absolute Gasteiger partial charge is 0.256 e. The average molecular weight is 451 g/mol. The predicted octanol–water partition coefficient (Wildman–Crippen LogP) is 5.23. The molecule has 6 nitrogen and oxygen atoms in total. The molecule has 3 aromatic rings. The lowest BCUT2D eigenvalue weighted by Gasteiger charge is -2.23. The number of nitrogens with zero attached hydrogens (tertiary/aromatic N) is 2. The maximum absolute atomic E-state index is 13.0. The van der Waals surface area contributed by atoms with E-state index < -0.39 is 0 Å². The number of benzene rings is 2. The van der Waals surface area contributed by atoms with Crippen molar-refractivity contribution in [3.05, 3.63) is 53.6 Å². The molecule has 1 aliphatic carbocycles. The molecule has 0 bridgehead atoms. The van der Waals surface area contributed by atoms with Gasteiger partial charge in [-0.25, -0.2) is 4.98 Å². The third-order valence-electron chi connectivity index (χ3n) is 5.24. The van der Waals surface area contributed by atoms with Crippen molar-refractivity contribution in [3.63, 3.8) is 0 Å². The van der Waals surface area contributed by atoms with Gasteiger partial charge < -0.3 is 10.6 Å². The lowest BCUT2D eigenvalue weighted by molar-refractivity contribution is 0.0917. The number of nitrogens with one attached hydrogen (secondary N) is 2. The van der Waals surface area contributed by atoms with Crippen LogP contribution >= 0.6 is 23.1 Å². The SMILES string of the molecule is N#CCSc1nc2ccc(NC(=O)c3ccccc3C(=O)NC3CCCCC3)cc2s1. The normalized spacial score (nSPS) is 14.2. The summed E-state index contributed by atoms with van der Waals surface area (Å²) in [5, 5.41) is 14.7. The molecular weight excluding hydrogens is 428 g/mol. The van der Waals surface area contributed by atoms with E-state index in [1.165, 1.54) is 29.5 Å². The Morgan fingerprint density at radius 2 is 1.84 bits per heavy atom. The number of thiazole rings is 1. The van der Waals surface area contributed by atoms with Crippen molar-refractivity contribution < 1.29 is 9.59 Å². The van der Waals surface area contributed by atoms with Crippen LogP contribution in [0.5, 0.6) is 0 Å². The standard InChI is InChI=1S/C23H22N4O2S2/c24-12-13-30-23-27-19-11-10-16(14-20(19)31-23)26-22(29)18-9-5-4-8-17(18)21(28)25-15-6-2-1-3-7-15/h4-5,8-11,14-15H,1-3,6-7,13H2,(H,25,28)(H,26,29). The van der Waals surface area contributed by atoms with Gasteiger partial charge in [-0.3, -0.25) is 9.59 Å². The fraction of sp³-hybridized carbons (Fsp3) is 0.304. The highest BCUT2D eigenvalue weighted by atomic mass is 32.2. The van der Waals surface area contributed by atoms with Gasteiger partial charge in [0.25, 0.3) is 11.8 Å². The second-order valence-electron chi connectivity index (χ2n) is 7.42. The third-order valence-corrected chi connectivity index (χ3v) is 7.27. The van der Waals surface area contributed by atoms with E-state index in [9.17, 15) is 9.59 Å². The van der Waals surface area contributed by atoms with Gasteiger partial charge in [-0.05, 0) is 43.2 Å². The molecular formula is C23H22N4O2S2. The molecule has 31 heavy (non-hydrogen) atoms. The van der Waals surface area contributed by atoms with E-state index in [0.717, 1.165) is 40.2 Å². The summed E-state index contributed by atoms with van der Waals surface area (Å²) in [5.74, 6) is -0.171. The van der Waals surface area contributed by atoms with Crippen molar-refractivity contribution in [2.45, 2.75) is 42.5 Å². The Balaban J connectivity index is 1.49. The topological polar surface area (TPSA) is 94.9 Å². The van der Waals surface area contributed by atoms with E-state index in [-0.39, 0.29) is 17.9 Å². The van der Waals surface area contributed by atoms with Gasteiger partial charge in [-0.2, -0.15) is 5.26 Å². The zero-order valence-electron chi connectivity index (χ0n) is 16.9. The van der Waals surface area contributed by atoms with Crippen molar-refractivity contribution in [1.82, 2.24) is 10.3 Å². The summed E-state index contributed by atoms with van der Waals surface area (Å²) in [6.45, 7) is 0. The molecule has 2 amide bonds. The van der Waals surface area contributed by atoms with E-state index in [0.29, 0.717) is 22.6 Å². The van der Waals surface area contributed by atoms with Crippen molar-refractivity contribution in [2.24, 2.45) is 0 Å². The number of carbonyl (C=O) groups excluding carboxylic acids is 2. The highest BCUT2D eigenvalue weighted by molar-refractivity contribution is 8.01. The van der Waals surface area contributed by atoms with Crippen LogP contribution in [0.1, 0.15) is 52.8 Å². The van der Waals surface area contributed by atoms with Crippen LogP contribution in [0.25, 0.3) is 10.2 Å². The van der Waals surface area contributed by atoms with E-state index in [4.69, 9.17) is 5.26 Å². The Morgan fingerprint density at radius 3 is 2.58 bits per heavy atom. The van der Waals surface area contributed by atoms with Gasteiger partial charge >= 0.3 is 0 Å². The maximum atomic E-state index is 13.0. The third kappa shape index (κ3) is 5.24. The van der Waals surface area contributed by atoms with Crippen LogP contribution in [0.4, 0.5) is 5.69 Å². The largest absolute Gasteiger partial charge is 0.349 e. The van der Waals surface area contributed by atoms with Crippen LogP contribution in [0, 0.1) is 11.3 Å². The Labute approximate surface area is 189 Å². The number of amides is 2. The van der Waals surface area contributed by atoms with Gasteiger partial charge in [0.05, 0.1) is 33.2 Å². The van der Waals surface area contributed by atoms with Gasteiger partial charge in [0, 0.05) is 11.7 Å². The average Bonchev–Trinajstić information content (AvgIpc) is 3.20. The van der Waals surface area contributed by atoms with Crippen LogP contribution in [0.15, 0.2) is 46.8 Å². The van der Waals surface area contributed by atoms with Crippen LogP contribution in [-0.4, -0.2) is 28.6 Å². The van der Waals surface area contributed by atoms with Gasteiger partial charge in [0.15, 0.2) is 4.34 Å². The van der Waals surface area contributed by atoms with Crippen molar-refractivity contribution in [2.75, 3.05) is 11.1 Å². The molecule has 158 valence electrons. The Morgan fingerprint density at radius 1 is 1.10 bits per heavy atom. The molecule has 0 radical (unpaired) electrons. The molecule has 2 aromatic carbocycles. The molecule has 0 spiro atoms. The molecule has 0 atom stereocenters. The first-order chi connectivity index (χ1) is 15.1. The molecule has 8 heteroatoms. The van der Waals surface area contributed by atoms with Gasteiger partial charge in [0.2, 0.25) is 0 Å². The van der Waals surface area contributed by atoms with Crippen molar-refractivity contribution in [1.29, 1.82) is 5.26 Å². The van der Waals surface area contributed by atoms with Crippen LogP contribution < -0.4 is 10.6 Å². The van der Waals surface area contributed by atoms with Gasteiger partial charge in [0.1, 0.15) is 0 Å². The number of thioether (sulfide) groups is 1. The number of hydrogen-bond donors (Lipinski definition) is 2. The van der Waals surface area contributed by atoms with E-state index >= 15 is 0 Å². The molecule has 1 aliphatic rings. The molecule has 1 aromatic heterocycles. The maximum Gasteiger partial charge on any atom is 0.256 e. The van der Waals surface area contributed by atoms with Crippen molar-refractivity contribution in [3.8, 4) is 6.07 Å². The summed E-state index contributed by atoms with van der Waals surface area (Å²) >= 11 is 2.88. The van der Waals surface area contributed by atoms with E-state index in [2.05, 4.69) is 21.7 Å². The number of carbonyl (C=O) groups is 2. The van der Waals surface area contributed by atoms with Crippen LogP contribution in [-0.2, 0) is 0 Å². The number of fused-ring (bicyclic) bond motifs is 1. The second kappa shape index (κ2) is 9.94. The van der Waals surface area contributed by atoms with Gasteiger partial charge in [-0.1, -0.05) is 43.2 Å². The minimum atomic E-state index is -0.322. The minimum Gasteiger partial charge on any atom is -0.349 e. The summed E-state index contributed by atoms with van der Waals surface area (Å²) in [7, 11) is 0. The molecule has 1 saturated carbocycles. The number of aromatic nitrogens is 1. The molecule has 1 heterocycles. The van der Waals surface area contributed by atoms with Crippen LogP contribution in [0.2, 0.25) is 0 Å². The lowest BCUT2D eigenvalue weighted by Crippen LogP contribution is -2.37. The first-order valence-corrected chi connectivity index (χ1v) is 12.1. The molecule has 0 unspecified atom stereocenters. The Hall–Kier alpha value is -2.89. The first kappa shape index (κ1) is 21.3. The predicted molar refractivity (Wildman–Crippen MR) is 125 cm³/mol. The van der Waals surface area contributed by atoms with Crippen molar-refractivity contribution >= 4 is 50.8 Å². The summed E-state index contributed by atoms with van der Waals surface area (Å²) in [4.78, 5) is 30.3. The molecule has 1 fully saturated rings. The highest BCUT2D eigenvalue weighted by Crippen LogP contribution is 2.31. The summed E-state index contributed by atoms with van der Waals surface area (Å²) in [6.07, 6.45) is 5.45. The number of anilines is 1. The van der Waals surface area contributed by atoms with Crippen LogP contribution in [0.3, 0.4) is 0 Å². The monoisotopic (exact) mass is 450 g/mol. The minimum absolute atomic E-state index is 0.180. The summed E-state index contributed by atoms with van der Waals surface area (Å²) < 4.78 is 1.76. The quantitative estimate of drug-likeness (QED) is 0.502. The number of nitriles is 1. The fourth-order valence-electron chi connectivity index (χ4n) is 3.72. The second-order valence-corrected chi connectivity index (χ2v) is 9.67.